The third-order valence-electron chi connectivity index (χ3n) is 8.00. The molecular formula is C30H39N5O4. The van der Waals surface area contributed by atoms with Gasteiger partial charge in [0, 0.05) is 67.1 Å². The summed E-state index contributed by atoms with van der Waals surface area (Å²) in [4.78, 5) is 31.3. The highest BCUT2D eigenvalue weighted by Gasteiger charge is 2.40. The van der Waals surface area contributed by atoms with Crippen molar-refractivity contribution in [1.29, 1.82) is 0 Å². The molecule has 0 spiro atoms. The number of hydrogen-bond acceptors (Lipinski definition) is 6. The lowest BCUT2D eigenvalue weighted by Gasteiger charge is -2.34. The van der Waals surface area contributed by atoms with Crippen LogP contribution in [0.3, 0.4) is 0 Å². The Kier molecular flexibility index (Phi) is 6.97. The Morgan fingerprint density at radius 2 is 1.87 bits per heavy atom. The number of nitrogens with zero attached hydrogens (tertiary/aromatic N) is 5. The van der Waals surface area contributed by atoms with Gasteiger partial charge in [-0.3, -0.25) is 9.69 Å². The number of fused-ring (bicyclic) bond motifs is 2. The molecule has 3 aromatic rings. The van der Waals surface area contributed by atoms with E-state index >= 15 is 0 Å². The van der Waals surface area contributed by atoms with Crippen LogP contribution in [-0.4, -0.2) is 86.7 Å². The van der Waals surface area contributed by atoms with E-state index in [1.165, 1.54) is 4.68 Å². The molecule has 0 N–H and O–H groups in total. The SMILES string of the molecule is CC(C)(C)OC(=O)n1cc2c(n1)CCC(N(C(=O)c1cccc3c1ccn3CCN1CCOCC1)C1CC1)C2. The van der Waals surface area contributed by atoms with E-state index in [9.17, 15) is 9.59 Å². The molecule has 2 aliphatic carbocycles. The number of carbonyl (C=O) groups excluding carboxylic acids is 2. The molecule has 208 valence electrons. The second-order valence-corrected chi connectivity index (χ2v) is 12.1. The summed E-state index contributed by atoms with van der Waals surface area (Å²) in [5.41, 5.74) is 3.26. The molecule has 2 aromatic heterocycles. The molecular weight excluding hydrogens is 494 g/mol. The number of amides is 1. The average molecular weight is 534 g/mol. The van der Waals surface area contributed by atoms with Crippen LogP contribution < -0.4 is 0 Å². The van der Waals surface area contributed by atoms with Gasteiger partial charge in [0.15, 0.2) is 0 Å². The number of morpholine rings is 1. The standard InChI is InChI=1S/C30H39N5O4/c1-30(2,3)39-29(37)34-20-21-19-23(9-10-26(21)31-34)35(22-7-8-22)28(36)25-5-4-6-27-24(25)11-12-33(27)14-13-32-15-17-38-18-16-32/h4-6,11-12,20,22-23H,7-10,13-19H2,1-3H3. The number of carbonyl (C=O) groups is 2. The van der Waals surface area contributed by atoms with Crippen LogP contribution in [0.2, 0.25) is 0 Å². The highest BCUT2D eigenvalue weighted by atomic mass is 16.6. The summed E-state index contributed by atoms with van der Waals surface area (Å²) in [6.45, 7) is 11.0. The van der Waals surface area contributed by atoms with E-state index in [4.69, 9.17) is 9.47 Å². The van der Waals surface area contributed by atoms with Crippen molar-refractivity contribution >= 4 is 22.9 Å². The first-order chi connectivity index (χ1) is 18.8. The largest absolute Gasteiger partial charge is 0.442 e. The molecule has 3 heterocycles. The van der Waals surface area contributed by atoms with Gasteiger partial charge in [-0.1, -0.05) is 6.07 Å². The monoisotopic (exact) mass is 533 g/mol. The Bertz CT molecular complexity index is 1360. The van der Waals surface area contributed by atoms with Gasteiger partial charge in [-0.05, 0) is 76.6 Å². The molecule has 1 aromatic carbocycles. The zero-order valence-electron chi connectivity index (χ0n) is 23.3. The quantitative estimate of drug-likeness (QED) is 0.474. The first-order valence-electron chi connectivity index (χ1n) is 14.3. The fraction of sp³-hybridized carbons (Fsp3) is 0.567. The fourth-order valence-corrected chi connectivity index (χ4v) is 5.93. The summed E-state index contributed by atoms with van der Waals surface area (Å²) < 4.78 is 14.6. The van der Waals surface area contributed by atoms with Crippen LogP contribution in [0.15, 0.2) is 36.7 Å². The maximum absolute atomic E-state index is 14.1. The first kappa shape index (κ1) is 26.1. The average Bonchev–Trinajstić information content (AvgIpc) is 3.50. The molecule has 0 radical (unpaired) electrons. The molecule has 1 aliphatic heterocycles. The van der Waals surface area contributed by atoms with Gasteiger partial charge < -0.3 is 18.9 Å². The zero-order valence-corrected chi connectivity index (χ0v) is 23.3. The Hall–Kier alpha value is -3.17. The molecule has 9 heteroatoms. The summed E-state index contributed by atoms with van der Waals surface area (Å²) in [5.74, 6) is 0.113. The summed E-state index contributed by atoms with van der Waals surface area (Å²) in [5, 5.41) is 5.53. The van der Waals surface area contributed by atoms with Crippen LogP contribution in [0, 0.1) is 0 Å². The van der Waals surface area contributed by atoms with E-state index in [1.54, 1.807) is 6.20 Å². The van der Waals surface area contributed by atoms with Gasteiger partial charge in [0.25, 0.3) is 5.91 Å². The number of benzene rings is 1. The van der Waals surface area contributed by atoms with Crippen molar-refractivity contribution in [3.8, 4) is 0 Å². The Labute approximate surface area is 229 Å². The normalized spacial score (nSPS) is 20.1. The molecule has 1 saturated carbocycles. The van der Waals surface area contributed by atoms with Crippen LogP contribution in [0.1, 0.15) is 61.6 Å². The smallest absolute Gasteiger partial charge is 0.435 e. The minimum Gasteiger partial charge on any atom is -0.442 e. The highest BCUT2D eigenvalue weighted by Crippen LogP contribution is 2.36. The van der Waals surface area contributed by atoms with Crippen molar-refractivity contribution < 1.29 is 19.1 Å². The van der Waals surface area contributed by atoms with Crippen molar-refractivity contribution in [2.24, 2.45) is 0 Å². The van der Waals surface area contributed by atoms with Crippen molar-refractivity contribution in [2.75, 3.05) is 32.8 Å². The number of hydrogen-bond donors (Lipinski definition) is 0. The summed E-state index contributed by atoms with van der Waals surface area (Å²) >= 11 is 0. The number of rotatable bonds is 6. The van der Waals surface area contributed by atoms with E-state index < -0.39 is 11.7 Å². The summed E-state index contributed by atoms with van der Waals surface area (Å²) in [7, 11) is 0. The van der Waals surface area contributed by atoms with Gasteiger partial charge in [0.1, 0.15) is 5.60 Å². The summed E-state index contributed by atoms with van der Waals surface area (Å²) in [6.07, 6.45) is 7.82. The van der Waals surface area contributed by atoms with Crippen molar-refractivity contribution in [3.63, 3.8) is 0 Å². The van der Waals surface area contributed by atoms with Gasteiger partial charge in [-0.2, -0.15) is 9.78 Å². The topological polar surface area (TPSA) is 81.8 Å². The van der Waals surface area contributed by atoms with E-state index in [-0.39, 0.29) is 18.0 Å². The van der Waals surface area contributed by atoms with Crippen LogP contribution in [0.25, 0.3) is 10.9 Å². The maximum Gasteiger partial charge on any atom is 0.435 e. The Morgan fingerprint density at radius 3 is 2.62 bits per heavy atom. The van der Waals surface area contributed by atoms with E-state index in [0.717, 1.165) is 92.8 Å². The third-order valence-corrected chi connectivity index (χ3v) is 8.00. The van der Waals surface area contributed by atoms with Crippen molar-refractivity contribution in [1.82, 2.24) is 24.1 Å². The van der Waals surface area contributed by atoms with Gasteiger partial charge in [-0.25, -0.2) is 4.79 Å². The molecule has 6 rings (SSSR count). The molecule has 2 fully saturated rings. The highest BCUT2D eigenvalue weighted by molar-refractivity contribution is 6.07. The minimum atomic E-state index is -0.580. The molecule has 9 nitrogen and oxygen atoms in total. The fourth-order valence-electron chi connectivity index (χ4n) is 5.93. The Balaban J connectivity index is 1.20. The van der Waals surface area contributed by atoms with E-state index in [0.29, 0.717) is 6.42 Å². The molecule has 1 saturated heterocycles. The van der Waals surface area contributed by atoms with Crippen LogP contribution >= 0.6 is 0 Å². The summed E-state index contributed by atoms with van der Waals surface area (Å²) in [6, 6.07) is 8.56. The molecule has 39 heavy (non-hydrogen) atoms. The number of ether oxygens (including phenoxy) is 2. The molecule has 1 amide bonds. The lowest BCUT2D eigenvalue weighted by Crippen LogP contribution is -2.44. The number of aromatic nitrogens is 3. The van der Waals surface area contributed by atoms with Crippen LogP contribution in [-0.2, 0) is 28.9 Å². The number of aryl methyl sites for hydroxylation is 1. The Morgan fingerprint density at radius 1 is 1.08 bits per heavy atom. The van der Waals surface area contributed by atoms with Gasteiger partial charge in [0.2, 0.25) is 0 Å². The van der Waals surface area contributed by atoms with Crippen molar-refractivity contribution in [2.45, 2.75) is 77.1 Å². The van der Waals surface area contributed by atoms with Gasteiger partial charge >= 0.3 is 6.09 Å². The molecule has 0 bridgehead atoms. The molecule has 1 atom stereocenters. The van der Waals surface area contributed by atoms with Gasteiger partial charge in [-0.15, -0.1) is 0 Å². The lowest BCUT2D eigenvalue weighted by atomic mass is 9.91. The molecule has 1 unspecified atom stereocenters. The van der Waals surface area contributed by atoms with Gasteiger partial charge in [0.05, 0.1) is 18.9 Å². The zero-order chi connectivity index (χ0) is 27.1. The second-order valence-electron chi connectivity index (χ2n) is 12.1. The lowest BCUT2D eigenvalue weighted by molar-refractivity contribution is 0.0365. The van der Waals surface area contributed by atoms with E-state index in [2.05, 4.69) is 37.8 Å². The maximum atomic E-state index is 14.1. The third kappa shape index (κ3) is 5.61. The van der Waals surface area contributed by atoms with Crippen molar-refractivity contribution in [3.05, 3.63) is 53.5 Å². The predicted molar refractivity (Wildman–Crippen MR) is 148 cm³/mol. The van der Waals surface area contributed by atoms with Crippen LogP contribution in [0.5, 0.6) is 0 Å². The van der Waals surface area contributed by atoms with Crippen LogP contribution in [0.4, 0.5) is 4.79 Å². The molecule has 3 aliphatic rings. The minimum absolute atomic E-state index is 0.0902. The second kappa shape index (κ2) is 10.4. The predicted octanol–water partition coefficient (Wildman–Crippen LogP) is 4.12. The van der Waals surface area contributed by atoms with E-state index in [1.807, 2.05) is 32.9 Å². The first-order valence-corrected chi connectivity index (χ1v) is 14.3.